The van der Waals surface area contributed by atoms with Gasteiger partial charge in [0.05, 0.1) is 10.7 Å². The Bertz CT molecular complexity index is 309. The first-order valence-corrected chi connectivity index (χ1v) is 7.60. The Morgan fingerprint density at radius 1 is 1.18 bits per heavy atom. The minimum atomic E-state index is 0.583. The van der Waals surface area contributed by atoms with Crippen LogP contribution in [0.3, 0.4) is 0 Å². The van der Waals surface area contributed by atoms with E-state index in [4.69, 9.17) is 0 Å². The Morgan fingerprint density at radius 3 is 2.24 bits per heavy atom. The van der Waals surface area contributed by atoms with Crippen LogP contribution in [0, 0.1) is 19.8 Å². The molecule has 1 aromatic heterocycles. The summed E-state index contributed by atoms with van der Waals surface area (Å²) in [6.45, 7) is 12.1. The second-order valence-electron chi connectivity index (χ2n) is 4.69. The van der Waals surface area contributed by atoms with Crippen LogP contribution in [0.2, 0.25) is 0 Å². The number of hydrogen-bond acceptors (Lipinski definition) is 3. The number of thiazole rings is 1. The highest BCUT2D eigenvalue weighted by molar-refractivity contribution is 7.11. The number of likely N-dealkylation sites (N-methyl/N-ethyl adjacent to an activating group) is 1. The number of nitrogens with one attached hydrogen (secondary N) is 1. The molecule has 1 unspecified atom stereocenters. The molecule has 17 heavy (non-hydrogen) atoms. The predicted octanol–water partition coefficient (Wildman–Crippen LogP) is 3.72. The fraction of sp³-hybridized carbons (Fsp3) is 0.786. The summed E-state index contributed by atoms with van der Waals surface area (Å²) in [5.74, 6) is 0.763. The zero-order chi connectivity index (χ0) is 12.8. The molecule has 1 aromatic rings. The maximum absolute atomic E-state index is 4.66. The summed E-state index contributed by atoms with van der Waals surface area (Å²) in [4.78, 5) is 6.02. The quantitative estimate of drug-likeness (QED) is 0.802. The lowest BCUT2D eigenvalue weighted by atomic mass is 9.92. The highest BCUT2D eigenvalue weighted by atomic mass is 32.1. The third-order valence-electron chi connectivity index (χ3n) is 3.55. The summed E-state index contributed by atoms with van der Waals surface area (Å²) in [6, 6.07) is 0.583. The highest BCUT2D eigenvalue weighted by Gasteiger charge is 2.19. The van der Waals surface area contributed by atoms with Gasteiger partial charge < -0.3 is 5.32 Å². The van der Waals surface area contributed by atoms with Gasteiger partial charge in [0.2, 0.25) is 0 Å². The van der Waals surface area contributed by atoms with Gasteiger partial charge in [-0.1, -0.05) is 33.6 Å². The van der Waals surface area contributed by atoms with Crippen LogP contribution in [0.25, 0.3) is 0 Å². The lowest BCUT2D eigenvalue weighted by Crippen LogP contribution is -2.37. The van der Waals surface area contributed by atoms with Crippen LogP contribution < -0.4 is 5.32 Å². The molecule has 98 valence electrons. The van der Waals surface area contributed by atoms with Crippen molar-refractivity contribution < 1.29 is 0 Å². The van der Waals surface area contributed by atoms with Crippen LogP contribution in [-0.2, 0) is 6.42 Å². The SMILES string of the molecule is CCNC(Cc1nc(C)c(C)s1)C(CC)CC. The van der Waals surface area contributed by atoms with Crippen LogP contribution in [0.5, 0.6) is 0 Å². The molecule has 0 saturated heterocycles. The van der Waals surface area contributed by atoms with Gasteiger partial charge in [-0.05, 0) is 26.3 Å². The van der Waals surface area contributed by atoms with Crippen LogP contribution >= 0.6 is 11.3 Å². The van der Waals surface area contributed by atoms with Gasteiger partial charge in [-0.3, -0.25) is 0 Å². The third-order valence-corrected chi connectivity index (χ3v) is 4.65. The lowest BCUT2D eigenvalue weighted by molar-refractivity contribution is 0.336. The average Bonchev–Trinajstić information content (AvgIpc) is 2.60. The van der Waals surface area contributed by atoms with E-state index in [1.807, 2.05) is 11.3 Å². The molecule has 0 fully saturated rings. The Kier molecular flexibility index (Phi) is 6.14. The zero-order valence-corrected chi connectivity index (χ0v) is 12.7. The van der Waals surface area contributed by atoms with Gasteiger partial charge >= 0.3 is 0 Å². The average molecular weight is 254 g/mol. The molecule has 0 radical (unpaired) electrons. The maximum atomic E-state index is 4.66. The summed E-state index contributed by atoms with van der Waals surface area (Å²) in [5.41, 5.74) is 1.20. The van der Waals surface area contributed by atoms with E-state index in [9.17, 15) is 0 Å². The minimum absolute atomic E-state index is 0.583. The van der Waals surface area contributed by atoms with E-state index in [1.54, 1.807) is 0 Å². The smallest absolute Gasteiger partial charge is 0.0946 e. The summed E-state index contributed by atoms with van der Waals surface area (Å²) in [6.07, 6.45) is 3.58. The monoisotopic (exact) mass is 254 g/mol. The second-order valence-corrected chi connectivity index (χ2v) is 5.98. The van der Waals surface area contributed by atoms with Gasteiger partial charge in [-0.15, -0.1) is 11.3 Å². The molecule has 1 heterocycles. The molecule has 0 aliphatic carbocycles. The fourth-order valence-corrected chi connectivity index (χ4v) is 3.33. The molecular formula is C14H26N2S. The zero-order valence-electron chi connectivity index (χ0n) is 11.8. The van der Waals surface area contributed by atoms with Crippen molar-refractivity contribution in [1.82, 2.24) is 10.3 Å². The van der Waals surface area contributed by atoms with Crippen molar-refractivity contribution >= 4 is 11.3 Å². The largest absolute Gasteiger partial charge is 0.314 e. The first-order valence-electron chi connectivity index (χ1n) is 6.78. The van der Waals surface area contributed by atoms with Gasteiger partial charge in [0, 0.05) is 17.3 Å². The summed E-state index contributed by atoms with van der Waals surface area (Å²) < 4.78 is 0. The van der Waals surface area contributed by atoms with E-state index in [-0.39, 0.29) is 0 Å². The van der Waals surface area contributed by atoms with E-state index in [1.165, 1.54) is 28.4 Å². The molecule has 0 spiro atoms. The van der Waals surface area contributed by atoms with Crippen molar-refractivity contribution in [2.24, 2.45) is 5.92 Å². The Labute approximate surface area is 110 Å². The molecule has 0 aliphatic heterocycles. The maximum Gasteiger partial charge on any atom is 0.0946 e. The van der Waals surface area contributed by atoms with Crippen molar-refractivity contribution in [2.45, 2.75) is 59.9 Å². The molecule has 3 heteroatoms. The Morgan fingerprint density at radius 2 is 1.82 bits per heavy atom. The molecule has 2 nitrogen and oxygen atoms in total. The summed E-state index contributed by atoms with van der Waals surface area (Å²) in [7, 11) is 0. The van der Waals surface area contributed by atoms with Gasteiger partial charge in [0.25, 0.3) is 0 Å². The van der Waals surface area contributed by atoms with E-state index >= 15 is 0 Å². The number of nitrogens with zero attached hydrogens (tertiary/aromatic N) is 1. The van der Waals surface area contributed by atoms with Gasteiger partial charge in [0.1, 0.15) is 0 Å². The number of aryl methyl sites for hydroxylation is 2. The first kappa shape index (κ1) is 14.7. The van der Waals surface area contributed by atoms with Gasteiger partial charge in [-0.2, -0.15) is 0 Å². The second kappa shape index (κ2) is 7.12. The van der Waals surface area contributed by atoms with Crippen molar-refractivity contribution in [3.63, 3.8) is 0 Å². The van der Waals surface area contributed by atoms with E-state index in [2.05, 4.69) is 44.9 Å². The molecule has 0 aliphatic rings. The predicted molar refractivity (Wildman–Crippen MR) is 76.8 cm³/mol. The Hall–Kier alpha value is -0.410. The van der Waals surface area contributed by atoms with E-state index < -0.39 is 0 Å². The Balaban J connectivity index is 2.71. The van der Waals surface area contributed by atoms with Crippen molar-refractivity contribution in [3.05, 3.63) is 15.6 Å². The third kappa shape index (κ3) is 4.07. The molecule has 0 saturated carbocycles. The van der Waals surface area contributed by atoms with Crippen molar-refractivity contribution in [1.29, 1.82) is 0 Å². The summed E-state index contributed by atoms with van der Waals surface area (Å²) >= 11 is 1.86. The molecule has 1 rings (SSSR count). The van der Waals surface area contributed by atoms with Crippen LogP contribution in [0.15, 0.2) is 0 Å². The van der Waals surface area contributed by atoms with Gasteiger partial charge in [-0.25, -0.2) is 4.98 Å². The van der Waals surface area contributed by atoms with Crippen LogP contribution in [0.1, 0.15) is 49.2 Å². The van der Waals surface area contributed by atoms with Crippen molar-refractivity contribution in [3.8, 4) is 0 Å². The van der Waals surface area contributed by atoms with Crippen LogP contribution in [0.4, 0.5) is 0 Å². The van der Waals surface area contributed by atoms with E-state index in [0.717, 1.165) is 18.9 Å². The number of rotatable bonds is 7. The topological polar surface area (TPSA) is 24.9 Å². The summed E-state index contributed by atoms with van der Waals surface area (Å²) in [5, 5.41) is 4.92. The highest BCUT2D eigenvalue weighted by Crippen LogP contribution is 2.22. The first-order chi connectivity index (χ1) is 8.12. The molecule has 0 aromatic carbocycles. The number of aromatic nitrogens is 1. The van der Waals surface area contributed by atoms with Gasteiger partial charge in [0.15, 0.2) is 0 Å². The fourth-order valence-electron chi connectivity index (χ4n) is 2.34. The van der Waals surface area contributed by atoms with Crippen molar-refractivity contribution in [2.75, 3.05) is 6.54 Å². The molecule has 0 amide bonds. The molecule has 1 N–H and O–H groups in total. The lowest BCUT2D eigenvalue weighted by Gasteiger charge is -2.25. The van der Waals surface area contributed by atoms with Crippen LogP contribution in [-0.4, -0.2) is 17.6 Å². The standard InChI is InChI=1S/C14H26N2S/c1-6-12(7-2)13(15-8-3)9-14-16-10(4)11(5)17-14/h12-13,15H,6-9H2,1-5H3. The molecule has 1 atom stereocenters. The number of hydrogen-bond donors (Lipinski definition) is 1. The molecule has 0 bridgehead atoms. The minimum Gasteiger partial charge on any atom is -0.314 e. The normalized spacial score (nSPS) is 13.3. The van der Waals surface area contributed by atoms with E-state index in [0.29, 0.717) is 6.04 Å². The molecular weight excluding hydrogens is 228 g/mol.